The van der Waals surface area contributed by atoms with Crippen molar-refractivity contribution in [2.75, 3.05) is 11.5 Å². The summed E-state index contributed by atoms with van der Waals surface area (Å²) in [4.78, 5) is 0. The summed E-state index contributed by atoms with van der Waals surface area (Å²) in [5.74, 6) is 4.62. The molecule has 2 saturated carbocycles. The first-order valence-corrected chi connectivity index (χ1v) is 10.3. The van der Waals surface area contributed by atoms with Gasteiger partial charge in [0.05, 0.1) is 0 Å². The van der Waals surface area contributed by atoms with E-state index in [1.807, 2.05) is 0 Å². The van der Waals surface area contributed by atoms with Crippen molar-refractivity contribution < 1.29 is 0 Å². The lowest BCUT2D eigenvalue weighted by Gasteiger charge is -2.40. The highest BCUT2D eigenvalue weighted by molar-refractivity contribution is 7.99. The zero-order valence-electron chi connectivity index (χ0n) is 13.7. The van der Waals surface area contributed by atoms with E-state index in [0.717, 1.165) is 17.9 Å². The molecule has 0 amide bonds. The molecule has 0 heterocycles. The van der Waals surface area contributed by atoms with Crippen molar-refractivity contribution in [1.82, 2.24) is 5.32 Å². The fraction of sp³-hybridized carbons (Fsp3) is 1.00. The lowest BCUT2D eigenvalue weighted by Crippen LogP contribution is -2.46. The molecule has 118 valence electrons. The third kappa shape index (κ3) is 5.26. The van der Waals surface area contributed by atoms with Gasteiger partial charge in [0.2, 0.25) is 0 Å². The predicted molar refractivity (Wildman–Crippen MR) is 92.5 cm³/mol. The minimum Gasteiger partial charge on any atom is -0.311 e. The molecule has 2 aliphatic carbocycles. The molecule has 0 aromatic heterocycles. The lowest BCUT2D eigenvalue weighted by atomic mass is 9.71. The Hall–Kier alpha value is 0.310. The van der Waals surface area contributed by atoms with Crippen molar-refractivity contribution in [3.63, 3.8) is 0 Å². The standard InChI is InChI=1S/C18H35NS/c1-3-20-14-13-15(2)19-18-12-8-7-11-17(18)16-9-5-4-6-10-16/h15-19H,3-14H2,1-2H3. The van der Waals surface area contributed by atoms with Gasteiger partial charge in [0.25, 0.3) is 0 Å². The van der Waals surface area contributed by atoms with Gasteiger partial charge < -0.3 is 5.32 Å². The highest BCUT2D eigenvalue weighted by Gasteiger charge is 2.32. The van der Waals surface area contributed by atoms with Gasteiger partial charge >= 0.3 is 0 Å². The Morgan fingerprint density at radius 3 is 2.45 bits per heavy atom. The minimum atomic E-state index is 0.711. The van der Waals surface area contributed by atoms with E-state index in [1.165, 1.54) is 75.7 Å². The van der Waals surface area contributed by atoms with Gasteiger partial charge in [-0.3, -0.25) is 0 Å². The Kier molecular flexibility index (Phi) is 7.80. The molecule has 0 aromatic rings. The van der Waals surface area contributed by atoms with Gasteiger partial charge in [-0.1, -0.05) is 51.9 Å². The van der Waals surface area contributed by atoms with E-state index in [2.05, 4.69) is 30.9 Å². The van der Waals surface area contributed by atoms with E-state index in [-0.39, 0.29) is 0 Å². The maximum absolute atomic E-state index is 4.01. The van der Waals surface area contributed by atoms with Gasteiger partial charge in [0.1, 0.15) is 0 Å². The first kappa shape index (κ1) is 16.7. The fourth-order valence-electron chi connectivity index (χ4n) is 4.35. The Labute approximate surface area is 131 Å². The molecule has 0 radical (unpaired) electrons. The van der Waals surface area contributed by atoms with Crippen molar-refractivity contribution in [2.45, 2.75) is 90.1 Å². The molecule has 0 aliphatic heterocycles. The number of thioether (sulfide) groups is 1. The Bertz CT molecular complexity index is 250. The molecule has 3 unspecified atom stereocenters. The molecule has 0 spiro atoms. The zero-order chi connectivity index (χ0) is 14.2. The van der Waals surface area contributed by atoms with Gasteiger partial charge in [0, 0.05) is 12.1 Å². The van der Waals surface area contributed by atoms with E-state index < -0.39 is 0 Å². The van der Waals surface area contributed by atoms with Crippen LogP contribution in [0.15, 0.2) is 0 Å². The maximum Gasteiger partial charge on any atom is 0.0100 e. The molecule has 1 N–H and O–H groups in total. The van der Waals surface area contributed by atoms with Crippen LogP contribution in [0, 0.1) is 11.8 Å². The Morgan fingerprint density at radius 2 is 1.70 bits per heavy atom. The smallest absolute Gasteiger partial charge is 0.0100 e. The highest BCUT2D eigenvalue weighted by atomic mass is 32.2. The number of hydrogen-bond donors (Lipinski definition) is 1. The molecule has 2 fully saturated rings. The summed E-state index contributed by atoms with van der Waals surface area (Å²) in [5.41, 5.74) is 0. The molecular formula is C18H35NS. The Morgan fingerprint density at radius 1 is 1.00 bits per heavy atom. The second-order valence-electron chi connectivity index (χ2n) is 7.01. The largest absolute Gasteiger partial charge is 0.311 e. The molecule has 0 saturated heterocycles. The summed E-state index contributed by atoms with van der Waals surface area (Å²) in [7, 11) is 0. The van der Waals surface area contributed by atoms with Crippen LogP contribution < -0.4 is 5.32 Å². The van der Waals surface area contributed by atoms with E-state index in [0.29, 0.717) is 6.04 Å². The monoisotopic (exact) mass is 297 g/mol. The van der Waals surface area contributed by atoms with Gasteiger partial charge in [-0.05, 0) is 49.5 Å². The SMILES string of the molecule is CCSCCC(C)NC1CCCCC1C1CCCCC1. The minimum absolute atomic E-state index is 0.711. The van der Waals surface area contributed by atoms with Crippen LogP contribution in [0.1, 0.15) is 78.1 Å². The van der Waals surface area contributed by atoms with Crippen LogP contribution >= 0.6 is 11.8 Å². The molecule has 20 heavy (non-hydrogen) atoms. The molecule has 2 rings (SSSR count). The van der Waals surface area contributed by atoms with Gasteiger partial charge in [-0.2, -0.15) is 11.8 Å². The number of hydrogen-bond acceptors (Lipinski definition) is 2. The first-order valence-electron chi connectivity index (χ1n) is 9.15. The van der Waals surface area contributed by atoms with Gasteiger partial charge in [0.15, 0.2) is 0 Å². The number of nitrogens with one attached hydrogen (secondary N) is 1. The second-order valence-corrected chi connectivity index (χ2v) is 8.40. The summed E-state index contributed by atoms with van der Waals surface area (Å²) in [6.45, 7) is 4.67. The van der Waals surface area contributed by atoms with Crippen LogP contribution in [0.25, 0.3) is 0 Å². The van der Waals surface area contributed by atoms with Crippen LogP contribution in [-0.2, 0) is 0 Å². The van der Waals surface area contributed by atoms with Crippen LogP contribution in [-0.4, -0.2) is 23.6 Å². The van der Waals surface area contributed by atoms with Crippen LogP contribution in [0.3, 0.4) is 0 Å². The van der Waals surface area contributed by atoms with E-state index >= 15 is 0 Å². The molecule has 3 atom stereocenters. The second kappa shape index (κ2) is 9.35. The third-order valence-corrected chi connectivity index (χ3v) is 6.41. The molecular weight excluding hydrogens is 262 g/mol. The molecule has 0 aromatic carbocycles. The van der Waals surface area contributed by atoms with E-state index in [4.69, 9.17) is 0 Å². The van der Waals surface area contributed by atoms with Crippen LogP contribution in [0.5, 0.6) is 0 Å². The maximum atomic E-state index is 4.01. The van der Waals surface area contributed by atoms with E-state index in [9.17, 15) is 0 Å². The first-order chi connectivity index (χ1) is 9.81. The normalized spacial score (nSPS) is 30.3. The van der Waals surface area contributed by atoms with Gasteiger partial charge in [-0.15, -0.1) is 0 Å². The Balaban J connectivity index is 1.79. The lowest BCUT2D eigenvalue weighted by molar-refractivity contribution is 0.143. The predicted octanol–water partition coefficient (Wildman–Crippen LogP) is 5.25. The molecule has 0 bridgehead atoms. The molecule has 1 nitrogen and oxygen atoms in total. The summed E-state index contributed by atoms with van der Waals surface area (Å²) < 4.78 is 0. The van der Waals surface area contributed by atoms with Crippen molar-refractivity contribution in [3.05, 3.63) is 0 Å². The van der Waals surface area contributed by atoms with Crippen LogP contribution in [0.4, 0.5) is 0 Å². The van der Waals surface area contributed by atoms with Crippen molar-refractivity contribution in [3.8, 4) is 0 Å². The number of rotatable bonds is 7. The van der Waals surface area contributed by atoms with Crippen molar-refractivity contribution >= 4 is 11.8 Å². The summed E-state index contributed by atoms with van der Waals surface area (Å²) in [6.07, 6.45) is 14.7. The summed E-state index contributed by atoms with van der Waals surface area (Å²) >= 11 is 2.09. The van der Waals surface area contributed by atoms with E-state index in [1.54, 1.807) is 0 Å². The highest BCUT2D eigenvalue weighted by Crippen LogP contribution is 2.38. The average Bonchev–Trinajstić information content (AvgIpc) is 2.49. The molecule has 2 heteroatoms. The summed E-state index contributed by atoms with van der Waals surface area (Å²) in [6, 6.07) is 1.54. The summed E-state index contributed by atoms with van der Waals surface area (Å²) in [5, 5.41) is 4.01. The zero-order valence-corrected chi connectivity index (χ0v) is 14.5. The topological polar surface area (TPSA) is 12.0 Å². The third-order valence-electron chi connectivity index (χ3n) is 5.47. The van der Waals surface area contributed by atoms with Crippen LogP contribution in [0.2, 0.25) is 0 Å². The van der Waals surface area contributed by atoms with Crippen molar-refractivity contribution in [2.24, 2.45) is 11.8 Å². The quantitative estimate of drug-likeness (QED) is 0.644. The fourth-order valence-corrected chi connectivity index (χ4v) is 5.16. The van der Waals surface area contributed by atoms with Crippen molar-refractivity contribution in [1.29, 1.82) is 0 Å². The van der Waals surface area contributed by atoms with Gasteiger partial charge in [-0.25, -0.2) is 0 Å². The average molecular weight is 298 g/mol. The molecule has 2 aliphatic rings.